The molecule has 0 bridgehead atoms. The molecule has 202 valence electrons. The predicted molar refractivity (Wildman–Crippen MR) is 174 cm³/mol. The van der Waals surface area contributed by atoms with Gasteiger partial charge in [0.05, 0.1) is 23.3 Å². The van der Waals surface area contributed by atoms with Crippen molar-refractivity contribution in [1.29, 1.82) is 0 Å². The third kappa shape index (κ3) is 3.72. The first kappa shape index (κ1) is 23.7. The highest BCUT2D eigenvalue weighted by molar-refractivity contribution is 6.11. The number of furan rings is 2. The molecule has 5 aromatic carbocycles. The number of aromatic nitrogens is 2. The summed E-state index contributed by atoms with van der Waals surface area (Å²) in [5.74, 6) is 0. The van der Waals surface area contributed by atoms with Crippen molar-refractivity contribution in [3.63, 3.8) is 0 Å². The molecule has 0 saturated heterocycles. The topological polar surface area (TPSA) is 55.3 Å². The van der Waals surface area contributed by atoms with Crippen molar-refractivity contribution in [2.24, 2.45) is 0 Å². The fourth-order valence-corrected chi connectivity index (χ4v) is 6.15. The SMILES string of the molecule is c1ccc(-c2cc(N(c3cnc4c(c3)oc3ccccc34)c3ccnc4c3oc3ccccc34)c3ccccc3c2)cc1. The zero-order valence-corrected chi connectivity index (χ0v) is 22.9. The third-order valence-electron chi connectivity index (χ3n) is 8.13. The van der Waals surface area contributed by atoms with Crippen LogP contribution in [-0.2, 0) is 0 Å². The Bertz CT molecular complexity index is 2480. The molecule has 0 aliphatic rings. The quantitative estimate of drug-likeness (QED) is 0.217. The highest BCUT2D eigenvalue weighted by atomic mass is 16.3. The van der Waals surface area contributed by atoms with E-state index in [4.69, 9.17) is 18.8 Å². The molecule has 0 atom stereocenters. The second-order valence-electron chi connectivity index (χ2n) is 10.7. The van der Waals surface area contributed by atoms with Gasteiger partial charge in [-0.1, -0.05) is 78.9 Å². The molecule has 4 aromatic heterocycles. The summed E-state index contributed by atoms with van der Waals surface area (Å²) in [6.45, 7) is 0. The predicted octanol–water partition coefficient (Wildman–Crippen LogP) is 10.6. The van der Waals surface area contributed by atoms with Crippen LogP contribution in [-0.4, -0.2) is 9.97 Å². The Morgan fingerprint density at radius 2 is 1.19 bits per heavy atom. The van der Waals surface area contributed by atoms with Gasteiger partial charge in [0.15, 0.2) is 11.2 Å². The Labute approximate surface area is 246 Å². The van der Waals surface area contributed by atoms with Gasteiger partial charge in [-0.3, -0.25) is 4.98 Å². The van der Waals surface area contributed by atoms with Crippen LogP contribution in [0.2, 0.25) is 0 Å². The van der Waals surface area contributed by atoms with Crippen LogP contribution in [0.1, 0.15) is 0 Å². The number of pyridine rings is 2. The molecule has 5 nitrogen and oxygen atoms in total. The summed E-state index contributed by atoms with van der Waals surface area (Å²) in [4.78, 5) is 11.9. The summed E-state index contributed by atoms with van der Waals surface area (Å²) in [5, 5.41) is 4.22. The Hall–Kier alpha value is -5.94. The molecule has 0 saturated carbocycles. The maximum atomic E-state index is 6.52. The lowest BCUT2D eigenvalue weighted by atomic mass is 9.98. The van der Waals surface area contributed by atoms with Gasteiger partial charge in [0.25, 0.3) is 0 Å². The van der Waals surface area contributed by atoms with Crippen molar-refractivity contribution >= 4 is 72.0 Å². The Kier molecular flexibility index (Phi) is 5.13. The van der Waals surface area contributed by atoms with E-state index < -0.39 is 0 Å². The van der Waals surface area contributed by atoms with Crippen molar-refractivity contribution in [3.05, 3.63) is 140 Å². The zero-order valence-electron chi connectivity index (χ0n) is 22.9. The Balaban J connectivity index is 1.38. The zero-order chi connectivity index (χ0) is 28.3. The van der Waals surface area contributed by atoms with Gasteiger partial charge in [-0.05, 0) is 59.0 Å². The number of nitrogens with zero attached hydrogens (tertiary/aromatic N) is 3. The monoisotopic (exact) mass is 553 g/mol. The van der Waals surface area contributed by atoms with Crippen LogP contribution in [0.25, 0.3) is 66.0 Å². The minimum Gasteiger partial charge on any atom is -0.454 e. The maximum Gasteiger partial charge on any atom is 0.177 e. The molecule has 9 aromatic rings. The van der Waals surface area contributed by atoms with Gasteiger partial charge >= 0.3 is 0 Å². The summed E-state index contributed by atoms with van der Waals surface area (Å²) in [7, 11) is 0. The van der Waals surface area contributed by atoms with Gasteiger partial charge in [0.1, 0.15) is 22.2 Å². The van der Waals surface area contributed by atoms with E-state index in [1.165, 1.54) is 0 Å². The van der Waals surface area contributed by atoms with E-state index >= 15 is 0 Å². The largest absolute Gasteiger partial charge is 0.454 e. The molecular weight excluding hydrogens is 530 g/mol. The van der Waals surface area contributed by atoms with E-state index in [2.05, 4.69) is 77.7 Å². The molecule has 43 heavy (non-hydrogen) atoms. The van der Waals surface area contributed by atoms with Crippen LogP contribution in [0.15, 0.2) is 149 Å². The number of benzene rings is 5. The molecule has 9 rings (SSSR count). The summed E-state index contributed by atoms with van der Waals surface area (Å²) in [6, 6.07) is 43.6. The van der Waals surface area contributed by atoms with Crippen LogP contribution in [0.5, 0.6) is 0 Å². The van der Waals surface area contributed by atoms with Crippen molar-refractivity contribution in [1.82, 2.24) is 9.97 Å². The van der Waals surface area contributed by atoms with Gasteiger partial charge < -0.3 is 13.7 Å². The van der Waals surface area contributed by atoms with Crippen molar-refractivity contribution < 1.29 is 8.83 Å². The van der Waals surface area contributed by atoms with E-state index in [0.29, 0.717) is 5.58 Å². The maximum absolute atomic E-state index is 6.52. The van der Waals surface area contributed by atoms with Gasteiger partial charge in [-0.15, -0.1) is 0 Å². The molecule has 5 heteroatoms. The van der Waals surface area contributed by atoms with Crippen molar-refractivity contribution in [3.8, 4) is 11.1 Å². The molecule has 0 N–H and O–H groups in total. The normalized spacial score (nSPS) is 11.7. The fourth-order valence-electron chi connectivity index (χ4n) is 6.15. The lowest BCUT2D eigenvalue weighted by Gasteiger charge is -2.27. The highest BCUT2D eigenvalue weighted by Gasteiger charge is 2.23. The van der Waals surface area contributed by atoms with E-state index in [1.54, 1.807) is 0 Å². The average Bonchev–Trinajstić information content (AvgIpc) is 3.64. The Morgan fingerprint density at radius 1 is 0.488 bits per heavy atom. The summed E-state index contributed by atoms with van der Waals surface area (Å²) >= 11 is 0. The van der Waals surface area contributed by atoms with Gasteiger partial charge in [-0.25, -0.2) is 4.98 Å². The number of hydrogen-bond donors (Lipinski definition) is 0. The number of rotatable bonds is 4. The molecule has 0 spiro atoms. The number of anilines is 3. The van der Waals surface area contributed by atoms with E-state index in [9.17, 15) is 0 Å². The minimum atomic E-state index is 0.711. The van der Waals surface area contributed by atoms with Crippen LogP contribution in [0.3, 0.4) is 0 Å². The summed E-state index contributed by atoms with van der Waals surface area (Å²) in [6.07, 6.45) is 3.77. The molecule has 0 fully saturated rings. The van der Waals surface area contributed by atoms with Crippen LogP contribution < -0.4 is 4.90 Å². The first-order valence-electron chi connectivity index (χ1n) is 14.2. The van der Waals surface area contributed by atoms with E-state index in [0.717, 1.165) is 77.5 Å². The van der Waals surface area contributed by atoms with Crippen molar-refractivity contribution in [2.45, 2.75) is 0 Å². The average molecular weight is 554 g/mol. The third-order valence-corrected chi connectivity index (χ3v) is 8.13. The molecular formula is C38H23N3O2. The molecule has 0 unspecified atom stereocenters. The lowest BCUT2D eigenvalue weighted by molar-refractivity contribution is 0.666. The second kappa shape index (κ2) is 9.29. The summed E-state index contributed by atoms with van der Waals surface area (Å²) < 4.78 is 12.8. The number of para-hydroxylation sites is 2. The van der Waals surface area contributed by atoms with E-state index in [-0.39, 0.29) is 0 Å². The highest BCUT2D eigenvalue weighted by Crippen LogP contribution is 2.45. The molecule has 0 radical (unpaired) electrons. The van der Waals surface area contributed by atoms with Gasteiger partial charge in [0, 0.05) is 28.4 Å². The number of fused-ring (bicyclic) bond motifs is 7. The van der Waals surface area contributed by atoms with Crippen LogP contribution >= 0.6 is 0 Å². The molecule has 0 aliphatic heterocycles. The lowest BCUT2D eigenvalue weighted by Crippen LogP contribution is -2.11. The number of hydrogen-bond acceptors (Lipinski definition) is 5. The smallest absolute Gasteiger partial charge is 0.177 e. The van der Waals surface area contributed by atoms with Crippen molar-refractivity contribution in [2.75, 3.05) is 4.90 Å². The second-order valence-corrected chi connectivity index (χ2v) is 10.7. The first-order valence-corrected chi connectivity index (χ1v) is 14.2. The van der Waals surface area contributed by atoms with Gasteiger partial charge in [0.2, 0.25) is 0 Å². The van der Waals surface area contributed by atoms with Crippen LogP contribution in [0.4, 0.5) is 17.1 Å². The molecule has 0 amide bonds. The molecule has 4 heterocycles. The van der Waals surface area contributed by atoms with Crippen LogP contribution in [0, 0.1) is 0 Å². The minimum absolute atomic E-state index is 0.711. The molecule has 0 aliphatic carbocycles. The van der Waals surface area contributed by atoms with Gasteiger partial charge in [-0.2, -0.15) is 0 Å². The Morgan fingerprint density at radius 3 is 2.02 bits per heavy atom. The van der Waals surface area contributed by atoms with E-state index in [1.807, 2.05) is 67.0 Å². The standard InChI is InChI=1S/C38H23N3O2/c1-2-10-24(11-3-1)26-20-25-12-4-5-13-28(25)32(21-26)41(27-22-35-36(40-23-27)29-14-6-8-16-33(29)42-35)31-18-19-39-37-30-15-7-9-17-34(30)43-38(31)37/h1-23H. The summed E-state index contributed by atoms with van der Waals surface area (Å²) in [5.41, 5.74) is 9.69. The fraction of sp³-hybridized carbons (Fsp3) is 0. The first-order chi connectivity index (χ1) is 21.3.